The molecule has 0 heterocycles. The van der Waals surface area contributed by atoms with Crippen LogP contribution in [0.1, 0.15) is 0 Å². The average molecular weight is 220 g/mol. The Balaban J connectivity index is 0.000001000. The molecule has 0 saturated carbocycles. The van der Waals surface area contributed by atoms with Gasteiger partial charge in [0.25, 0.3) is 0 Å². The molecule has 0 aliphatic carbocycles. The zero-order chi connectivity index (χ0) is 7.40. The molecule has 1 aromatic carbocycles. The Bertz CT molecular complexity index is 227. The molecule has 0 N–H and O–H groups in total. The molecule has 1 rings (SSSR count). The van der Waals surface area contributed by atoms with Gasteiger partial charge in [-0.25, -0.2) is 0 Å². The summed E-state index contributed by atoms with van der Waals surface area (Å²) in [6.45, 7) is 0. The third-order valence-electron chi connectivity index (χ3n) is 0.923. The van der Waals surface area contributed by atoms with E-state index in [-0.39, 0.29) is 17.1 Å². The zero-order valence-corrected chi connectivity index (χ0v) is 7.20. The summed E-state index contributed by atoms with van der Waals surface area (Å²) in [7, 11) is -2.78. The van der Waals surface area contributed by atoms with Crippen molar-refractivity contribution in [3.8, 4) is 5.75 Å². The van der Waals surface area contributed by atoms with Crippen molar-refractivity contribution in [1.29, 1.82) is 0 Å². The van der Waals surface area contributed by atoms with Crippen molar-refractivity contribution in [1.82, 2.24) is 0 Å². The van der Waals surface area contributed by atoms with Crippen LogP contribution < -0.4 is 9.42 Å². The predicted molar refractivity (Wildman–Crippen MR) is 34.7 cm³/mol. The van der Waals surface area contributed by atoms with Crippen LogP contribution in [-0.2, 0) is 21.6 Å². The number of rotatable bonds is 2. The SMILES string of the molecule is O=[P+]([O-])Oc1ccccc1.[Cu+]. The minimum Gasteiger partial charge on any atom is -0.558 e. The molecule has 3 nitrogen and oxygen atoms in total. The van der Waals surface area contributed by atoms with Gasteiger partial charge in [-0.05, 0) is 16.7 Å². The molecule has 0 spiro atoms. The first-order valence-electron chi connectivity index (χ1n) is 2.66. The summed E-state index contributed by atoms with van der Waals surface area (Å²) in [5.74, 6) is 0.346. The Labute approximate surface area is 75.8 Å². The molecular formula is C6H5CuO3P+. The second kappa shape index (κ2) is 5.28. The van der Waals surface area contributed by atoms with E-state index in [1.54, 1.807) is 30.3 Å². The van der Waals surface area contributed by atoms with Gasteiger partial charge in [0.1, 0.15) is 0 Å². The van der Waals surface area contributed by atoms with Gasteiger partial charge >= 0.3 is 25.3 Å². The van der Waals surface area contributed by atoms with E-state index in [1.165, 1.54) is 0 Å². The van der Waals surface area contributed by atoms with Crippen molar-refractivity contribution in [2.45, 2.75) is 0 Å². The van der Waals surface area contributed by atoms with Crippen LogP contribution in [0.5, 0.6) is 5.75 Å². The topological polar surface area (TPSA) is 49.4 Å². The minimum absolute atomic E-state index is 0. The van der Waals surface area contributed by atoms with Crippen molar-refractivity contribution in [3.63, 3.8) is 0 Å². The molecule has 5 heteroatoms. The molecule has 1 aromatic rings. The third kappa shape index (κ3) is 4.12. The second-order valence-electron chi connectivity index (χ2n) is 1.63. The molecule has 0 aliphatic rings. The Hall–Kier alpha value is -0.401. The summed E-state index contributed by atoms with van der Waals surface area (Å²) in [6.07, 6.45) is 0. The molecule has 62 valence electrons. The molecule has 0 aromatic heterocycles. The van der Waals surface area contributed by atoms with Crippen molar-refractivity contribution >= 4 is 8.25 Å². The first-order valence-corrected chi connectivity index (χ1v) is 3.76. The molecule has 11 heavy (non-hydrogen) atoms. The van der Waals surface area contributed by atoms with Crippen LogP contribution in [-0.4, -0.2) is 0 Å². The van der Waals surface area contributed by atoms with Crippen LogP contribution >= 0.6 is 8.25 Å². The van der Waals surface area contributed by atoms with Crippen LogP contribution in [0, 0.1) is 0 Å². The van der Waals surface area contributed by atoms with E-state index in [2.05, 4.69) is 4.52 Å². The molecule has 0 bridgehead atoms. The van der Waals surface area contributed by atoms with Crippen molar-refractivity contribution in [2.24, 2.45) is 0 Å². The van der Waals surface area contributed by atoms with Crippen LogP contribution in [0.2, 0.25) is 0 Å². The normalized spacial score (nSPS) is 9.73. The molecule has 1 unspecified atom stereocenters. The first kappa shape index (κ1) is 10.6. The van der Waals surface area contributed by atoms with Gasteiger partial charge in [0.05, 0.1) is 0 Å². The Kier molecular flexibility index (Phi) is 5.08. The quantitative estimate of drug-likeness (QED) is 0.553. The second-order valence-corrected chi connectivity index (χ2v) is 2.26. The van der Waals surface area contributed by atoms with Crippen LogP contribution in [0.25, 0.3) is 0 Å². The fourth-order valence-electron chi connectivity index (χ4n) is 0.567. The molecule has 0 saturated heterocycles. The molecule has 0 amide bonds. The maximum Gasteiger partial charge on any atom is 1.00 e. The Morgan fingerprint density at radius 3 is 2.27 bits per heavy atom. The van der Waals surface area contributed by atoms with E-state index in [1.807, 2.05) is 0 Å². The smallest absolute Gasteiger partial charge is 0.558 e. The fourth-order valence-corrected chi connectivity index (χ4v) is 0.861. The van der Waals surface area contributed by atoms with Gasteiger partial charge in [-0.2, -0.15) is 0 Å². The van der Waals surface area contributed by atoms with Crippen molar-refractivity contribution in [3.05, 3.63) is 30.3 Å². The van der Waals surface area contributed by atoms with Gasteiger partial charge in [-0.15, -0.1) is 0 Å². The van der Waals surface area contributed by atoms with E-state index < -0.39 is 8.25 Å². The van der Waals surface area contributed by atoms with Crippen LogP contribution in [0.4, 0.5) is 0 Å². The van der Waals surface area contributed by atoms with Gasteiger partial charge in [0, 0.05) is 0 Å². The van der Waals surface area contributed by atoms with Gasteiger partial charge in [0.2, 0.25) is 0 Å². The maximum atomic E-state index is 9.98. The van der Waals surface area contributed by atoms with E-state index in [0.29, 0.717) is 5.75 Å². The average Bonchev–Trinajstić information content (AvgIpc) is 1.88. The molecule has 1 atom stereocenters. The Morgan fingerprint density at radius 1 is 1.27 bits per heavy atom. The van der Waals surface area contributed by atoms with Gasteiger partial charge < -0.3 is 4.89 Å². The van der Waals surface area contributed by atoms with E-state index in [0.717, 1.165) is 0 Å². The summed E-state index contributed by atoms with van der Waals surface area (Å²) in [4.78, 5) is 9.98. The summed E-state index contributed by atoms with van der Waals surface area (Å²) in [5.41, 5.74) is 0. The fraction of sp³-hybridized carbons (Fsp3) is 0. The van der Waals surface area contributed by atoms with Gasteiger partial charge in [0.15, 0.2) is 5.75 Å². The largest absolute Gasteiger partial charge is 1.00 e. The van der Waals surface area contributed by atoms with Gasteiger partial charge in [-0.3, -0.25) is 4.52 Å². The van der Waals surface area contributed by atoms with Crippen molar-refractivity contribution < 1.29 is 31.1 Å². The van der Waals surface area contributed by atoms with E-state index in [9.17, 15) is 9.46 Å². The molecule has 0 fully saturated rings. The predicted octanol–water partition coefficient (Wildman–Crippen LogP) is 1.08. The molecule has 0 radical (unpaired) electrons. The number of para-hydroxylation sites is 1. The van der Waals surface area contributed by atoms with Gasteiger partial charge in [-0.1, -0.05) is 18.2 Å². The minimum atomic E-state index is -2.78. The molecular weight excluding hydrogens is 215 g/mol. The summed E-state index contributed by atoms with van der Waals surface area (Å²) in [6, 6.07) is 8.34. The number of hydrogen-bond donors (Lipinski definition) is 0. The summed E-state index contributed by atoms with van der Waals surface area (Å²) >= 11 is 0. The number of benzene rings is 1. The van der Waals surface area contributed by atoms with E-state index >= 15 is 0 Å². The summed E-state index contributed by atoms with van der Waals surface area (Å²) < 4.78 is 14.4. The summed E-state index contributed by atoms with van der Waals surface area (Å²) in [5, 5.41) is 0. The monoisotopic (exact) mass is 219 g/mol. The van der Waals surface area contributed by atoms with Crippen LogP contribution in [0.15, 0.2) is 30.3 Å². The standard InChI is InChI=1S/C6H5O3P.Cu/c7-10(8)9-6-4-2-1-3-5-6;/h1-5H;/q;+1. The maximum absolute atomic E-state index is 9.98. The number of hydrogen-bond acceptors (Lipinski definition) is 3. The Morgan fingerprint density at radius 2 is 1.82 bits per heavy atom. The first-order chi connectivity index (χ1) is 4.79. The van der Waals surface area contributed by atoms with Crippen molar-refractivity contribution in [2.75, 3.05) is 0 Å². The molecule has 0 aliphatic heterocycles. The third-order valence-corrected chi connectivity index (χ3v) is 1.28. The van der Waals surface area contributed by atoms with E-state index in [4.69, 9.17) is 0 Å². The zero-order valence-electron chi connectivity index (χ0n) is 5.36. The van der Waals surface area contributed by atoms with Crippen LogP contribution in [0.3, 0.4) is 0 Å².